The Morgan fingerprint density at radius 1 is 1.50 bits per heavy atom. The fraction of sp³-hybridized carbons (Fsp3) is 0.417. The normalized spacial score (nSPS) is 16.8. The number of hydrogen-bond acceptors (Lipinski definition) is 3. The molecule has 0 saturated heterocycles. The van der Waals surface area contributed by atoms with Crippen LogP contribution in [0.25, 0.3) is 0 Å². The maximum absolute atomic E-state index is 8.99. The molecule has 16 heavy (non-hydrogen) atoms. The summed E-state index contributed by atoms with van der Waals surface area (Å²) in [5, 5.41) is 13.1. The summed E-state index contributed by atoms with van der Waals surface area (Å²) in [6, 6.07) is 10.5. The average Bonchev–Trinajstić information content (AvgIpc) is 3.10. The van der Waals surface area contributed by atoms with Crippen LogP contribution < -0.4 is 5.32 Å². The average molecular weight is 253 g/mol. The van der Waals surface area contributed by atoms with Gasteiger partial charge in [-0.2, -0.15) is 5.26 Å². The van der Waals surface area contributed by atoms with Crippen molar-refractivity contribution in [1.82, 2.24) is 5.32 Å². The van der Waals surface area contributed by atoms with Crippen molar-refractivity contribution in [3.8, 4) is 6.07 Å². The number of nitriles is 1. The molecule has 1 fully saturated rings. The van der Waals surface area contributed by atoms with E-state index in [1.54, 1.807) is 11.8 Å². The summed E-state index contributed by atoms with van der Waals surface area (Å²) in [7, 11) is 0. The van der Waals surface area contributed by atoms with E-state index in [1.165, 1.54) is 12.8 Å². The van der Waals surface area contributed by atoms with Crippen LogP contribution in [0.1, 0.15) is 12.8 Å². The van der Waals surface area contributed by atoms with E-state index in [1.807, 2.05) is 24.3 Å². The minimum Gasteiger partial charge on any atom is -0.298 e. The molecule has 0 radical (unpaired) electrons. The van der Waals surface area contributed by atoms with Crippen molar-refractivity contribution in [2.24, 2.45) is 0 Å². The predicted octanol–water partition coefficient (Wildman–Crippen LogP) is 3.08. The lowest BCUT2D eigenvalue weighted by molar-refractivity contribution is 0.644. The van der Waals surface area contributed by atoms with Gasteiger partial charge >= 0.3 is 0 Å². The van der Waals surface area contributed by atoms with Gasteiger partial charge in [0.25, 0.3) is 0 Å². The predicted molar refractivity (Wildman–Crippen MR) is 67.7 cm³/mol. The van der Waals surface area contributed by atoms with Crippen molar-refractivity contribution in [2.45, 2.75) is 29.8 Å². The molecular formula is C12H13ClN2S. The summed E-state index contributed by atoms with van der Waals surface area (Å²) in [5.41, 5.74) is 0. The quantitative estimate of drug-likeness (QED) is 0.818. The van der Waals surface area contributed by atoms with Crippen LogP contribution in [0, 0.1) is 11.3 Å². The van der Waals surface area contributed by atoms with Crippen LogP contribution in [0.2, 0.25) is 5.02 Å². The molecule has 0 aromatic heterocycles. The van der Waals surface area contributed by atoms with Gasteiger partial charge in [0.2, 0.25) is 0 Å². The fourth-order valence-corrected chi connectivity index (χ4v) is 2.59. The lowest BCUT2D eigenvalue weighted by Gasteiger charge is -2.10. The molecule has 1 atom stereocenters. The van der Waals surface area contributed by atoms with Crippen molar-refractivity contribution < 1.29 is 0 Å². The number of thioether (sulfide) groups is 1. The van der Waals surface area contributed by atoms with Gasteiger partial charge in [-0.05, 0) is 25.0 Å². The molecule has 84 valence electrons. The number of benzene rings is 1. The van der Waals surface area contributed by atoms with Gasteiger partial charge < -0.3 is 0 Å². The van der Waals surface area contributed by atoms with Crippen LogP contribution in [0.3, 0.4) is 0 Å². The van der Waals surface area contributed by atoms with Gasteiger partial charge in [0.05, 0.1) is 11.1 Å². The zero-order valence-electron chi connectivity index (χ0n) is 8.82. The summed E-state index contributed by atoms with van der Waals surface area (Å²) in [5.74, 6) is 0.747. The lowest BCUT2D eigenvalue weighted by Crippen LogP contribution is -2.31. The van der Waals surface area contributed by atoms with Gasteiger partial charge in [-0.1, -0.05) is 23.7 Å². The van der Waals surface area contributed by atoms with E-state index in [0.717, 1.165) is 15.7 Å². The van der Waals surface area contributed by atoms with Gasteiger partial charge in [-0.15, -0.1) is 11.8 Å². The van der Waals surface area contributed by atoms with Crippen LogP contribution in [0.4, 0.5) is 0 Å². The molecule has 1 saturated carbocycles. The van der Waals surface area contributed by atoms with E-state index < -0.39 is 0 Å². The first-order chi connectivity index (χ1) is 7.79. The van der Waals surface area contributed by atoms with Crippen molar-refractivity contribution in [2.75, 3.05) is 5.75 Å². The van der Waals surface area contributed by atoms with E-state index >= 15 is 0 Å². The summed E-state index contributed by atoms with van der Waals surface area (Å²) >= 11 is 7.68. The number of hydrogen-bond donors (Lipinski definition) is 1. The number of rotatable bonds is 5. The highest BCUT2D eigenvalue weighted by Crippen LogP contribution is 2.27. The highest BCUT2D eigenvalue weighted by molar-refractivity contribution is 7.99. The second-order valence-electron chi connectivity index (χ2n) is 3.86. The lowest BCUT2D eigenvalue weighted by atomic mass is 10.4. The van der Waals surface area contributed by atoms with Crippen molar-refractivity contribution in [1.29, 1.82) is 5.26 Å². The molecule has 2 nitrogen and oxygen atoms in total. The molecule has 0 spiro atoms. The Morgan fingerprint density at radius 3 is 2.88 bits per heavy atom. The highest BCUT2D eigenvalue weighted by atomic mass is 35.5. The molecule has 0 amide bonds. The van der Waals surface area contributed by atoms with E-state index in [4.69, 9.17) is 16.9 Å². The van der Waals surface area contributed by atoms with Crippen molar-refractivity contribution in [3.05, 3.63) is 29.3 Å². The SMILES string of the molecule is N#CC(CSc1ccccc1Cl)NC1CC1. The van der Waals surface area contributed by atoms with E-state index in [2.05, 4.69) is 11.4 Å². The molecule has 1 aliphatic rings. The number of nitrogens with zero attached hydrogens (tertiary/aromatic N) is 1. The summed E-state index contributed by atoms with van der Waals surface area (Å²) in [6.45, 7) is 0. The van der Waals surface area contributed by atoms with Gasteiger partial charge in [0, 0.05) is 16.7 Å². The highest BCUT2D eigenvalue weighted by Gasteiger charge is 2.24. The largest absolute Gasteiger partial charge is 0.298 e. The molecule has 1 unspecified atom stereocenters. The number of nitrogens with one attached hydrogen (secondary N) is 1. The summed E-state index contributed by atoms with van der Waals surface area (Å²) in [6.07, 6.45) is 2.41. The molecule has 1 N–H and O–H groups in total. The van der Waals surface area contributed by atoms with Gasteiger partial charge in [0.1, 0.15) is 6.04 Å². The molecule has 1 aromatic carbocycles. The maximum Gasteiger partial charge on any atom is 0.105 e. The van der Waals surface area contributed by atoms with Gasteiger partial charge in [-0.3, -0.25) is 5.32 Å². The fourth-order valence-electron chi connectivity index (χ4n) is 1.39. The Morgan fingerprint density at radius 2 is 2.25 bits per heavy atom. The molecule has 0 bridgehead atoms. The molecule has 4 heteroatoms. The Labute approximate surface area is 105 Å². The zero-order valence-corrected chi connectivity index (χ0v) is 10.4. The smallest absolute Gasteiger partial charge is 0.105 e. The standard InChI is InChI=1S/C12H13ClN2S/c13-11-3-1-2-4-12(11)16-8-10(7-14)15-9-5-6-9/h1-4,9-10,15H,5-6,8H2. The maximum atomic E-state index is 8.99. The number of halogens is 1. The Hall–Kier alpha value is -0.690. The minimum absolute atomic E-state index is 0.0752. The second kappa shape index (κ2) is 5.58. The first-order valence-corrected chi connectivity index (χ1v) is 6.69. The third-order valence-electron chi connectivity index (χ3n) is 2.41. The van der Waals surface area contributed by atoms with E-state index in [9.17, 15) is 0 Å². The molecule has 2 rings (SSSR count). The van der Waals surface area contributed by atoms with Crippen LogP contribution in [-0.4, -0.2) is 17.8 Å². The third-order valence-corrected chi connectivity index (χ3v) is 4.02. The van der Waals surface area contributed by atoms with Crippen LogP contribution in [-0.2, 0) is 0 Å². The molecule has 1 aliphatic carbocycles. The van der Waals surface area contributed by atoms with Crippen LogP contribution in [0.5, 0.6) is 0 Å². The topological polar surface area (TPSA) is 35.8 Å². The molecular weight excluding hydrogens is 240 g/mol. The third kappa shape index (κ3) is 3.41. The van der Waals surface area contributed by atoms with Crippen molar-refractivity contribution >= 4 is 23.4 Å². The van der Waals surface area contributed by atoms with Gasteiger partial charge in [0.15, 0.2) is 0 Å². The zero-order chi connectivity index (χ0) is 11.4. The first kappa shape index (κ1) is 11.8. The van der Waals surface area contributed by atoms with E-state index in [0.29, 0.717) is 6.04 Å². The Kier molecular flexibility index (Phi) is 4.11. The summed E-state index contributed by atoms with van der Waals surface area (Å²) < 4.78 is 0. The van der Waals surface area contributed by atoms with Gasteiger partial charge in [-0.25, -0.2) is 0 Å². The van der Waals surface area contributed by atoms with Crippen LogP contribution in [0.15, 0.2) is 29.2 Å². The van der Waals surface area contributed by atoms with E-state index in [-0.39, 0.29) is 6.04 Å². The molecule has 0 heterocycles. The minimum atomic E-state index is -0.0752. The van der Waals surface area contributed by atoms with Crippen LogP contribution >= 0.6 is 23.4 Å². The summed E-state index contributed by atoms with van der Waals surface area (Å²) in [4.78, 5) is 1.04. The molecule has 1 aromatic rings. The first-order valence-electron chi connectivity index (χ1n) is 5.32. The second-order valence-corrected chi connectivity index (χ2v) is 5.33. The van der Waals surface area contributed by atoms with Crippen molar-refractivity contribution in [3.63, 3.8) is 0 Å². The Bertz CT molecular complexity index is 398. The monoisotopic (exact) mass is 252 g/mol. The Balaban J connectivity index is 1.85. The molecule has 0 aliphatic heterocycles.